The highest BCUT2D eigenvalue weighted by molar-refractivity contribution is 6.04. The van der Waals surface area contributed by atoms with E-state index in [-0.39, 0.29) is 23.6 Å². The van der Waals surface area contributed by atoms with Crippen molar-refractivity contribution in [3.05, 3.63) is 72.7 Å². The summed E-state index contributed by atoms with van der Waals surface area (Å²) in [5.74, 6) is -0.0306. The Labute approximate surface area is 173 Å². The zero-order valence-corrected chi connectivity index (χ0v) is 16.2. The van der Waals surface area contributed by atoms with Crippen LogP contribution in [0, 0.1) is 0 Å². The molecule has 0 bridgehead atoms. The van der Waals surface area contributed by atoms with Gasteiger partial charge in [-0.25, -0.2) is 4.79 Å². The van der Waals surface area contributed by atoms with Crippen LogP contribution >= 0.6 is 0 Å². The molecule has 2 heterocycles. The minimum Gasteiger partial charge on any atom is -0.507 e. The van der Waals surface area contributed by atoms with Gasteiger partial charge in [-0.2, -0.15) is 9.78 Å². The number of aromatic nitrogens is 3. The Bertz CT molecular complexity index is 1100. The van der Waals surface area contributed by atoms with Gasteiger partial charge in [-0.1, -0.05) is 6.08 Å². The number of aromatic hydroxyl groups is 1. The molecule has 4 rings (SSSR count). The van der Waals surface area contributed by atoms with Crippen LogP contribution in [-0.4, -0.2) is 38.4 Å². The van der Waals surface area contributed by atoms with E-state index in [0.717, 1.165) is 18.5 Å². The summed E-state index contributed by atoms with van der Waals surface area (Å²) in [5, 5.41) is 20.3. The highest BCUT2D eigenvalue weighted by Crippen LogP contribution is 2.42. The fourth-order valence-electron chi connectivity index (χ4n) is 3.11. The van der Waals surface area contributed by atoms with Gasteiger partial charge in [-0.3, -0.25) is 9.78 Å². The van der Waals surface area contributed by atoms with E-state index in [1.807, 2.05) is 6.07 Å². The molecular formula is C22H21N5O3. The first kappa shape index (κ1) is 19.4. The number of hydrogen-bond acceptors (Lipinski definition) is 5. The van der Waals surface area contributed by atoms with Crippen molar-refractivity contribution in [2.75, 3.05) is 11.9 Å². The quantitative estimate of drug-likeness (QED) is 0.431. The lowest BCUT2D eigenvalue weighted by molar-refractivity contribution is 0.102. The molecule has 30 heavy (non-hydrogen) atoms. The van der Waals surface area contributed by atoms with Crippen molar-refractivity contribution in [1.82, 2.24) is 20.1 Å². The molecule has 8 nitrogen and oxygen atoms in total. The van der Waals surface area contributed by atoms with E-state index >= 15 is 0 Å². The molecule has 152 valence electrons. The monoisotopic (exact) mass is 403 g/mol. The van der Waals surface area contributed by atoms with Gasteiger partial charge in [0, 0.05) is 36.1 Å². The van der Waals surface area contributed by atoms with Crippen molar-refractivity contribution in [3.63, 3.8) is 0 Å². The molecule has 1 saturated carbocycles. The number of anilines is 1. The summed E-state index contributed by atoms with van der Waals surface area (Å²) < 4.78 is 1.34. The first-order valence-electron chi connectivity index (χ1n) is 9.60. The van der Waals surface area contributed by atoms with Crippen LogP contribution in [0.5, 0.6) is 5.75 Å². The molecule has 0 aliphatic heterocycles. The van der Waals surface area contributed by atoms with Crippen molar-refractivity contribution < 1.29 is 14.7 Å². The van der Waals surface area contributed by atoms with Gasteiger partial charge >= 0.3 is 6.03 Å². The van der Waals surface area contributed by atoms with Crippen LogP contribution in [0.3, 0.4) is 0 Å². The molecule has 3 aromatic rings. The number of rotatable bonds is 6. The molecule has 1 aromatic carbocycles. The third kappa shape index (κ3) is 4.07. The summed E-state index contributed by atoms with van der Waals surface area (Å²) in [6.07, 6.45) is 6.65. The smallest absolute Gasteiger partial charge is 0.342 e. The third-order valence-corrected chi connectivity index (χ3v) is 4.78. The highest BCUT2D eigenvalue weighted by atomic mass is 16.3. The Kier molecular flexibility index (Phi) is 5.30. The van der Waals surface area contributed by atoms with E-state index in [2.05, 4.69) is 27.3 Å². The highest BCUT2D eigenvalue weighted by Gasteiger charge is 2.30. The first-order valence-corrected chi connectivity index (χ1v) is 9.60. The minimum atomic E-state index is -0.344. The molecule has 2 aromatic heterocycles. The Balaban J connectivity index is 1.64. The molecule has 0 saturated heterocycles. The number of amides is 2. The fourth-order valence-corrected chi connectivity index (χ4v) is 3.11. The summed E-state index contributed by atoms with van der Waals surface area (Å²) in [4.78, 5) is 28.8. The molecule has 0 radical (unpaired) electrons. The summed E-state index contributed by atoms with van der Waals surface area (Å²) in [6.45, 7) is 3.93. The van der Waals surface area contributed by atoms with Gasteiger partial charge in [0.1, 0.15) is 5.75 Å². The predicted octanol–water partition coefficient (Wildman–Crippen LogP) is 3.52. The fraction of sp³-hybridized carbons (Fsp3) is 0.182. The predicted molar refractivity (Wildman–Crippen MR) is 112 cm³/mol. The van der Waals surface area contributed by atoms with E-state index in [9.17, 15) is 14.7 Å². The van der Waals surface area contributed by atoms with Gasteiger partial charge < -0.3 is 15.7 Å². The van der Waals surface area contributed by atoms with E-state index < -0.39 is 0 Å². The molecule has 0 spiro atoms. The minimum absolute atomic E-state index is 0.00729. The molecule has 1 aliphatic carbocycles. The number of nitrogens with zero attached hydrogens (tertiary/aromatic N) is 3. The summed E-state index contributed by atoms with van der Waals surface area (Å²) in [7, 11) is 0. The summed E-state index contributed by atoms with van der Waals surface area (Å²) in [5.41, 5.74) is 2.61. The summed E-state index contributed by atoms with van der Waals surface area (Å²) in [6, 6.07) is 9.53. The number of phenolic OH excluding ortho intramolecular Hbond substituents is 1. The molecule has 1 fully saturated rings. The molecule has 0 atom stereocenters. The number of nitrogens with one attached hydrogen (secondary N) is 2. The number of carbonyl (C=O) groups excluding carboxylic acids is 2. The van der Waals surface area contributed by atoms with Gasteiger partial charge in [-0.15, -0.1) is 6.58 Å². The molecule has 2 amide bonds. The van der Waals surface area contributed by atoms with E-state index in [1.54, 1.807) is 36.5 Å². The number of pyridine rings is 1. The van der Waals surface area contributed by atoms with Gasteiger partial charge in [0.2, 0.25) is 0 Å². The second-order valence-corrected chi connectivity index (χ2v) is 7.04. The summed E-state index contributed by atoms with van der Waals surface area (Å²) >= 11 is 0. The molecule has 3 N–H and O–H groups in total. The van der Waals surface area contributed by atoms with E-state index in [0.29, 0.717) is 29.1 Å². The maximum Gasteiger partial charge on any atom is 0.342 e. The lowest BCUT2D eigenvalue weighted by Gasteiger charge is -2.08. The Hall–Kier alpha value is -3.94. The second-order valence-electron chi connectivity index (χ2n) is 7.04. The largest absolute Gasteiger partial charge is 0.507 e. The second kappa shape index (κ2) is 8.20. The van der Waals surface area contributed by atoms with Crippen LogP contribution in [0.4, 0.5) is 10.5 Å². The normalized spacial score (nSPS) is 12.9. The zero-order chi connectivity index (χ0) is 21.1. The van der Waals surface area contributed by atoms with Crippen LogP contribution in [0.15, 0.2) is 61.4 Å². The maximum atomic E-state index is 12.5. The van der Waals surface area contributed by atoms with Crippen molar-refractivity contribution in [2.45, 2.75) is 18.8 Å². The number of benzene rings is 1. The van der Waals surface area contributed by atoms with E-state index in [1.165, 1.54) is 16.9 Å². The van der Waals surface area contributed by atoms with Crippen molar-refractivity contribution >= 4 is 17.6 Å². The maximum absolute atomic E-state index is 12.5. The van der Waals surface area contributed by atoms with Crippen LogP contribution in [0.2, 0.25) is 0 Å². The number of phenols is 1. The molecule has 8 heteroatoms. The average Bonchev–Trinajstić information content (AvgIpc) is 3.52. The third-order valence-electron chi connectivity index (χ3n) is 4.78. The number of carbonyl (C=O) groups is 2. The van der Waals surface area contributed by atoms with Crippen LogP contribution in [0.1, 0.15) is 34.8 Å². The molecular weight excluding hydrogens is 382 g/mol. The number of hydrogen-bond donors (Lipinski definition) is 3. The van der Waals surface area contributed by atoms with E-state index in [4.69, 9.17) is 0 Å². The van der Waals surface area contributed by atoms with Crippen LogP contribution in [0.25, 0.3) is 11.3 Å². The van der Waals surface area contributed by atoms with Crippen LogP contribution < -0.4 is 10.6 Å². The van der Waals surface area contributed by atoms with Gasteiger partial charge in [0.25, 0.3) is 5.91 Å². The Morgan fingerprint density at radius 2 is 2.10 bits per heavy atom. The molecule has 0 unspecified atom stereocenters. The van der Waals surface area contributed by atoms with Crippen molar-refractivity contribution in [2.24, 2.45) is 0 Å². The topological polar surface area (TPSA) is 109 Å². The van der Waals surface area contributed by atoms with Crippen molar-refractivity contribution in [3.8, 4) is 17.0 Å². The van der Waals surface area contributed by atoms with Gasteiger partial charge in [0.15, 0.2) is 0 Å². The van der Waals surface area contributed by atoms with Gasteiger partial charge in [0.05, 0.1) is 17.0 Å². The zero-order valence-electron chi connectivity index (χ0n) is 16.2. The van der Waals surface area contributed by atoms with Crippen LogP contribution in [-0.2, 0) is 0 Å². The Morgan fingerprint density at radius 1 is 1.27 bits per heavy atom. The lowest BCUT2D eigenvalue weighted by Crippen LogP contribution is -2.30. The lowest BCUT2D eigenvalue weighted by atomic mass is 10.1. The Morgan fingerprint density at radius 3 is 2.80 bits per heavy atom. The van der Waals surface area contributed by atoms with Crippen molar-refractivity contribution in [1.29, 1.82) is 0 Å². The van der Waals surface area contributed by atoms with Gasteiger partial charge in [-0.05, 0) is 49.2 Å². The standard InChI is InChI=1S/C22H21N5O3/c1-2-9-24-22(30)27-19(14-5-6-14)12-18(26-27)17-11-16(7-8-20(17)28)25-21(29)15-4-3-10-23-13-15/h2-4,7-8,10-14,28H,1,5-6,9H2,(H,24,30)(H,25,29). The molecule has 1 aliphatic rings. The average molecular weight is 403 g/mol. The first-order chi connectivity index (χ1) is 14.6. The SMILES string of the molecule is C=CCNC(=O)n1nc(-c2cc(NC(=O)c3cccnc3)ccc2O)cc1C1CC1.